The molecule has 696 valence electrons. The maximum Gasteiger partial charge on any atom is 0.338 e. The van der Waals surface area contributed by atoms with E-state index in [1.54, 1.807) is 54.6 Å². The van der Waals surface area contributed by atoms with Crippen molar-refractivity contribution in [1.29, 1.82) is 0 Å². The number of anilines is 2. The molecule has 21 heteroatoms. The highest BCUT2D eigenvalue weighted by Crippen LogP contribution is 2.47. The molecule has 0 saturated heterocycles. The van der Waals surface area contributed by atoms with Crippen LogP contribution in [-0.2, 0) is 15.9 Å². The van der Waals surface area contributed by atoms with E-state index in [1.807, 2.05) is 226 Å². The van der Waals surface area contributed by atoms with Gasteiger partial charge in [-0.05, 0) is 208 Å². The summed E-state index contributed by atoms with van der Waals surface area (Å²) in [6, 6.07) is 114. The summed E-state index contributed by atoms with van der Waals surface area (Å²) < 4.78 is 34.9. The number of para-hydroxylation sites is 1. The van der Waals surface area contributed by atoms with Gasteiger partial charge < -0.3 is 98.4 Å². The third-order valence-electron chi connectivity index (χ3n) is 24.0. The van der Waals surface area contributed by atoms with Crippen molar-refractivity contribution < 1.29 is 122 Å². The summed E-state index contributed by atoms with van der Waals surface area (Å²) in [6.45, 7) is 14.1. The number of methoxy groups -OCH3 is 1. The van der Waals surface area contributed by atoms with Crippen LogP contribution < -0.4 is 108 Å². The number of hydrogen-bond donors (Lipinski definition) is 7. The van der Waals surface area contributed by atoms with Crippen molar-refractivity contribution >= 4 is 123 Å². The molecule has 10 N–H and O–H groups in total. The lowest BCUT2D eigenvalue weighted by Gasteiger charge is -2.22. The van der Waals surface area contributed by atoms with E-state index in [4.69, 9.17) is 44.0 Å². The van der Waals surface area contributed by atoms with Crippen molar-refractivity contribution in [3.63, 3.8) is 0 Å². The highest BCUT2D eigenvalue weighted by atomic mass is 35.5. The lowest BCUT2D eigenvalue weighted by molar-refractivity contribution is -0.496. The number of aromatic carboxylic acids is 2. The number of nitrogens with two attached hydrogens (primary N) is 3. The molecule has 15 aromatic carbocycles. The number of halogens is 4. The van der Waals surface area contributed by atoms with Crippen LogP contribution in [0.15, 0.2) is 365 Å². The number of esters is 2. The van der Waals surface area contributed by atoms with Gasteiger partial charge in [-0.2, -0.15) is 0 Å². The zero-order chi connectivity index (χ0) is 93.9. The van der Waals surface area contributed by atoms with Crippen molar-refractivity contribution in [3.05, 3.63) is 423 Å². The van der Waals surface area contributed by atoms with Crippen LogP contribution in [0.5, 0.6) is 11.5 Å². The summed E-state index contributed by atoms with van der Waals surface area (Å²) in [4.78, 5) is 52.0. The molecular weight excluding hydrogens is 1820 g/mol. The number of carbonyl (C=O) groups is 4. The highest BCUT2D eigenvalue weighted by molar-refractivity contribution is 6.33. The van der Waals surface area contributed by atoms with Gasteiger partial charge >= 0.3 is 23.9 Å². The molecule has 0 aromatic heterocycles. The monoisotopic (exact) mass is 1920 g/mol. The Morgan fingerprint density at radius 3 is 1.38 bits per heavy atom. The molecule has 0 unspecified atom stereocenters. The van der Waals surface area contributed by atoms with Gasteiger partial charge in [0.2, 0.25) is 5.36 Å². The molecule has 22 rings (SSSR count). The molecular formula is C118H98Cl4N5O12-. The molecule has 139 heavy (non-hydrogen) atoms. The molecule has 0 saturated carbocycles. The average Bonchev–Trinajstić information content (AvgIpc) is 0.751. The zero-order valence-electron chi connectivity index (χ0n) is 77.1. The Hall–Kier alpha value is -16.2. The van der Waals surface area contributed by atoms with Crippen molar-refractivity contribution in [2.45, 2.75) is 48.0 Å². The summed E-state index contributed by atoms with van der Waals surface area (Å²) in [7, 11) is 1.37. The van der Waals surface area contributed by atoms with Crippen LogP contribution in [-0.4, -0.2) is 60.9 Å². The van der Waals surface area contributed by atoms with Gasteiger partial charge in [-0.25, -0.2) is 24.2 Å². The first-order valence-corrected chi connectivity index (χ1v) is 44.8. The third-order valence-corrected chi connectivity index (χ3v) is 24.0. The Kier molecular flexibility index (Phi) is 32.5. The SMILES string of the molecule is C/C=c1\ccc2c(c1)Oc1cc(CC)ccc1C=2c1ccccc1C(=O)O.CCNc1ccc2c(-c3ccccc3C(=O)OCC)c3cc(C)c(=[NH+]CC)cc-3oc2c1.COC(=O)c1ccccc1-c1c2ccc(=[NH2+])cc-2oc2cc(N)ccc12.[Cl-].[Cl-].[Cl-].[Cl-].[NH2+]=c1ccc2c(-c3ccccc3C(=O)O)c3ccccc3oc-2c1.c1cc2cccc3c4cccc5cccc(c(c1)c23)c54.c1ccccc1. The molecule has 0 bridgehead atoms. The fourth-order valence-corrected chi connectivity index (χ4v) is 17.8. The van der Waals surface area contributed by atoms with Crippen LogP contribution in [0, 0.1) is 6.92 Å². The van der Waals surface area contributed by atoms with Crippen LogP contribution in [0.1, 0.15) is 98.3 Å². The van der Waals surface area contributed by atoms with Gasteiger partial charge in [-0.1, -0.05) is 231 Å². The Morgan fingerprint density at radius 2 is 0.863 bits per heavy atom. The minimum absolute atomic E-state index is 0. The van der Waals surface area contributed by atoms with Gasteiger partial charge in [0.05, 0.1) is 54.2 Å². The lowest BCUT2D eigenvalue weighted by Crippen LogP contribution is -3.00. The number of benzene rings is 18. The first-order valence-electron chi connectivity index (χ1n) is 44.8. The number of carbonyl (C=O) groups excluding carboxylic acids is 2. The summed E-state index contributed by atoms with van der Waals surface area (Å²) in [5, 5.41) is 52.2. The second kappa shape index (κ2) is 45.0. The van der Waals surface area contributed by atoms with E-state index in [-0.39, 0.29) is 66.7 Å². The number of carboxylic acids is 2. The van der Waals surface area contributed by atoms with Crippen molar-refractivity contribution in [3.8, 4) is 78.9 Å². The van der Waals surface area contributed by atoms with E-state index in [9.17, 15) is 29.4 Å². The molecule has 7 aliphatic rings. The number of carboxylic acid groups (broad SMARTS) is 2. The third kappa shape index (κ3) is 20.8. The first kappa shape index (κ1) is 100. The summed E-state index contributed by atoms with van der Waals surface area (Å²) >= 11 is 0. The van der Waals surface area contributed by atoms with Crippen LogP contribution in [0.3, 0.4) is 0 Å². The van der Waals surface area contributed by atoms with Gasteiger partial charge in [-0.3, -0.25) is 10.8 Å². The van der Waals surface area contributed by atoms with Gasteiger partial charge in [-0.15, -0.1) is 0 Å². The van der Waals surface area contributed by atoms with E-state index >= 15 is 0 Å². The molecule has 0 amide bonds. The van der Waals surface area contributed by atoms with E-state index in [0.717, 1.165) is 141 Å². The number of nitrogen functional groups attached to an aromatic ring is 1. The number of rotatable bonds is 13. The Balaban J connectivity index is 0.000000144. The average molecular weight is 1920 g/mol. The summed E-state index contributed by atoms with van der Waals surface area (Å²) in [6.07, 6.45) is 2.93. The van der Waals surface area contributed by atoms with Gasteiger partial charge in [0, 0.05) is 114 Å². The number of nitrogens with one attached hydrogen (secondary N) is 2. The maximum absolute atomic E-state index is 12.8. The summed E-state index contributed by atoms with van der Waals surface area (Å²) in [5.41, 5.74) is 23.6. The number of ether oxygens (including phenoxy) is 3. The predicted molar refractivity (Wildman–Crippen MR) is 538 cm³/mol. The van der Waals surface area contributed by atoms with Crippen LogP contribution in [0.25, 0.3) is 155 Å². The number of fused-ring (bicyclic) bond motifs is 10. The minimum Gasteiger partial charge on any atom is -1.00 e. The van der Waals surface area contributed by atoms with Gasteiger partial charge in [0.15, 0.2) is 10.7 Å². The van der Waals surface area contributed by atoms with Gasteiger partial charge in [0.1, 0.15) is 52.1 Å². The van der Waals surface area contributed by atoms with Crippen molar-refractivity contribution in [2.24, 2.45) is 0 Å². The minimum atomic E-state index is -0.959. The number of hydrogen-bond acceptors (Lipinski definition) is 12. The normalized spacial score (nSPS) is 11.3. The molecule has 15 aromatic rings. The van der Waals surface area contributed by atoms with Crippen LogP contribution in [0.2, 0.25) is 0 Å². The predicted octanol–water partition coefficient (Wildman–Crippen LogP) is 8.46. The topological polar surface area (TPSA) is 279 Å². The van der Waals surface area contributed by atoms with Crippen molar-refractivity contribution in [2.75, 3.05) is 37.9 Å². The smallest absolute Gasteiger partial charge is 0.338 e. The Bertz CT molecular complexity index is 8190. The van der Waals surface area contributed by atoms with Gasteiger partial charge in [0.25, 0.3) is 0 Å². The fraction of sp³-hybridized carbons (Fsp3) is 0.0932. The first-order chi connectivity index (χ1) is 65.8. The Labute approximate surface area is 826 Å². The lowest BCUT2D eigenvalue weighted by atomic mass is 9.89. The second-order valence-corrected chi connectivity index (χ2v) is 32.4. The molecule has 0 radical (unpaired) electrons. The van der Waals surface area contributed by atoms with Crippen molar-refractivity contribution in [1.82, 2.24) is 0 Å². The molecule has 3 aliphatic carbocycles. The molecule has 0 fully saturated rings. The molecule has 0 atom stereocenters. The summed E-state index contributed by atoms with van der Waals surface area (Å²) in [5.74, 6) is 0.925. The standard InChI is InChI=1S/C27H28N2O3.C24H20O3.C21H16N2O3.C20H13NO3.C20H12.C6H6.4ClH/c1-5-28-18-12-13-21-24(15-18)32-25-16-23(29-6-2)17(4)14-22(25)26(21)19-10-8-9-11-20(19)27(30)31-7-3;1-3-15-9-11-19-21(13-15)27-22-14-16(4-2)10-12-20(22)23(19)17-7-5-6-8-18(17)24(25)26;1-25-21(24)15-5-3-2-4-14(15)20-16-8-6-12(22)10-18(16)26-19-11-13(23)7-9-17(19)20;21-12-9-10-16-18(11-12)24-17-8-4-3-7-15(17)19(16)13-5-1-2-6-14(13)20(22)23;1-5-13-6-2-11-17-18-12-4-8-14-7-3-10-16(20(14)18)15(9-1)19(13)17;1-2-4-6-5-3-1;;;;/h8-16,28H,5-7H2,1-4H3;3,5-14H,4H2,1-2H3,(H,25,26);2-11,22H,23H2,1H3;1-11,21H,(H,22,23);1-12H;1-6H;4*1H/p-1/b;15-3+;;;;;;;;. The van der Waals surface area contributed by atoms with E-state index in [0.29, 0.717) is 67.9 Å². The molecule has 4 aliphatic heterocycles. The van der Waals surface area contributed by atoms with Crippen LogP contribution in [0.4, 0.5) is 11.4 Å². The van der Waals surface area contributed by atoms with E-state index in [2.05, 4.69) is 129 Å². The largest absolute Gasteiger partial charge is 1.00 e. The second-order valence-electron chi connectivity index (χ2n) is 32.4. The quantitative estimate of drug-likeness (QED) is 0.0247. The number of aryl methyl sites for hydroxylation is 2. The molecule has 17 nitrogen and oxygen atoms in total. The molecule has 4 heterocycles. The fourth-order valence-electron chi connectivity index (χ4n) is 17.8. The van der Waals surface area contributed by atoms with Crippen LogP contribution >= 0.6 is 0 Å². The molecule has 0 spiro atoms. The van der Waals surface area contributed by atoms with E-state index in [1.165, 1.54) is 55.8 Å². The van der Waals surface area contributed by atoms with E-state index < -0.39 is 17.9 Å². The maximum atomic E-state index is 12.8. The Morgan fingerprint density at radius 1 is 0.410 bits per heavy atom. The zero-order valence-corrected chi connectivity index (χ0v) is 80.1. The highest BCUT2D eigenvalue weighted by Gasteiger charge is 2.29.